The van der Waals surface area contributed by atoms with Crippen LogP contribution in [0.3, 0.4) is 0 Å². The van der Waals surface area contributed by atoms with E-state index in [9.17, 15) is 9.36 Å². The predicted octanol–water partition coefficient (Wildman–Crippen LogP) is 2.41. The Kier molecular flexibility index (Phi) is 6.41. The van der Waals surface area contributed by atoms with Gasteiger partial charge in [0.15, 0.2) is 0 Å². The summed E-state index contributed by atoms with van der Waals surface area (Å²) in [6.45, 7) is 2.23. The maximum Gasteiger partial charge on any atom is 0.475 e. The lowest BCUT2D eigenvalue weighted by atomic mass is 10.1. The fourth-order valence-electron chi connectivity index (χ4n) is 2.27. The second-order valence-corrected chi connectivity index (χ2v) is 6.81. The Balaban J connectivity index is 2.15. The van der Waals surface area contributed by atoms with Crippen molar-refractivity contribution in [3.05, 3.63) is 65.7 Å². The van der Waals surface area contributed by atoms with Crippen LogP contribution in [-0.4, -0.2) is 28.9 Å². The van der Waals surface area contributed by atoms with Gasteiger partial charge in [-0.05, 0) is 29.5 Å². The molecule has 5 nitrogen and oxygen atoms in total. The summed E-state index contributed by atoms with van der Waals surface area (Å²) in [6, 6.07) is 17.2. The van der Waals surface area contributed by atoms with E-state index in [0.717, 1.165) is 11.1 Å². The van der Waals surface area contributed by atoms with Crippen LogP contribution < -0.4 is 10.8 Å². The van der Waals surface area contributed by atoms with Gasteiger partial charge in [0.25, 0.3) is 5.91 Å². The lowest BCUT2D eigenvalue weighted by Crippen LogP contribution is -2.34. The number of hydrogen-bond acceptors (Lipinski definition) is 3. The summed E-state index contributed by atoms with van der Waals surface area (Å²) in [5.74, 6) is -0.574. The minimum atomic E-state index is -1.88. The number of rotatable bonds is 7. The number of nitrogens with one attached hydrogen (secondary N) is 1. The maximum atomic E-state index is 12.9. The van der Waals surface area contributed by atoms with Crippen molar-refractivity contribution < 1.29 is 14.6 Å². The summed E-state index contributed by atoms with van der Waals surface area (Å²) < 4.78 is 14.4. The zero-order valence-corrected chi connectivity index (χ0v) is 13.9. The highest BCUT2D eigenvalue weighted by Gasteiger charge is 2.33. The van der Waals surface area contributed by atoms with Gasteiger partial charge in [-0.1, -0.05) is 53.2 Å². The van der Waals surface area contributed by atoms with Gasteiger partial charge in [-0.15, -0.1) is 0 Å². The standard InChI is InChI=1S/C17H19N2O3P/c1-14-7-5-6-10-16(14)23(22)19(13-17(20)18-21)12-11-15-8-3-2-4-9-15/h2-10H,11-13H2,1H3,(H-,18,20,21)/p+1. The Hall–Kier alpha value is -2.07. The fraction of sp³-hybridized carbons (Fsp3) is 0.235. The highest BCUT2D eigenvalue weighted by atomic mass is 31.1. The SMILES string of the molecule is Cc1ccccc1[P+](=O)N(CCc1ccccc1)CC(=O)NO. The summed E-state index contributed by atoms with van der Waals surface area (Å²) in [7, 11) is -1.88. The molecule has 0 aliphatic carbocycles. The quantitative estimate of drug-likeness (QED) is 0.464. The number of hydrogen-bond donors (Lipinski definition) is 2. The molecule has 0 fully saturated rings. The molecule has 2 aromatic rings. The van der Waals surface area contributed by atoms with E-state index < -0.39 is 13.9 Å². The van der Waals surface area contributed by atoms with E-state index in [0.29, 0.717) is 18.3 Å². The fourth-order valence-corrected chi connectivity index (χ4v) is 3.70. The Bertz CT molecular complexity index is 677. The third kappa shape index (κ3) is 4.96. The second kappa shape index (κ2) is 8.53. The smallest absolute Gasteiger partial charge is 0.289 e. The van der Waals surface area contributed by atoms with Gasteiger partial charge in [-0.3, -0.25) is 10.0 Å². The largest absolute Gasteiger partial charge is 0.475 e. The molecule has 0 heterocycles. The maximum absolute atomic E-state index is 12.9. The third-order valence-corrected chi connectivity index (χ3v) is 5.30. The van der Waals surface area contributed by atoms with Crippen molar-refractivity contribution in [2.75, 3.05) is 13.1 Å². The molecule has 1 unspecified atom stereocenters. The predicted molar refractivity (Wildman–Crippen MR) is 90.1 cm³/mol. The van der Waals surface area contributed by atoms with Crippen LogP contribution in [0.15, 0.2) is 54.6 Å². The normalized spacial score (nSPS) is 11.3. The van der Waals surface area contributed by atoms with Gasteiger partial charge >= 0.3 is 7.95 Å². The molecule has 0 saturated carbocycles. The van der Waals surface area contributed by atoms with Crippen LogP contribution >= 0.6 is 7.95 Å². The van der Waals surface area contributed by atoms with Crippen molar-refractivity contribution in [3.63, 3.8) is 0 Å². The van der Waals surface area contributed by atoms with Crippen LogP contribution in [0.25, 0.3) is 0 Å². The average Bonchev–Trinajstić information content (AvgIpc) is 2.59. The Labute approximate surface area is 136 Å². The molecule has 1 atom stereocenters. The molecular formula is C17H20N2O3P+. The Morgan fingerprint density at radius 2 is 1.78 bits per heavy atom. The van der Waals surface area contributed by atoms with Crippen LogP contribution in [0.4, 0.5) is 0 Å². The molecule has 6 heteroatoms. The number of benzene rings is 2. The van der Waals surface area contributed by atoms with E-state index in [1.54, 1.807) is 16.2 Å². The topological polar surface area (TPSA) is 69.6 Å². The number of amides is 1. The highest BCUT2D eigenvalue weighted by Crippen LogP contribution is 2.27. The zero-order chi connectivity index (χ0) is 16.7. The summed E-state index contributed by atoms with van der Waals surface area (Å²) in [5.41, 5.74) is 3.63. The van der Waals surface area contributed by atoms with Crippen LogP contribution in [0.2, 0.25) is 0 Å². The summed E-state index contributed by atoms with van der Waals surface area (Å²) in [6.07, 6.45) is 0.673. The first-order chi connectivity index (χ1) is 11.1. The average molecular weight is 331 g/mol. The van der Waals surface area contributed by atoms with Gasteiger partial charge in [-0.2, -0.15) is 0 Å². The zero-order valence-electron chi connectivity index (χ0n) is 13.0. The monoisotopic (exact) mass is 331 g/mol. The lowest BCUT2D eigenvalue weighted by Gasteiger charge is -2.11. The number of aryl methyl sites for hydroxylation is 1. The highest BCUT2D eigenvalue weighted by molar-refractivity contribution is 7.51. The Morgan fingerprint density at radius 1 is 1.13 bits per heavy atom. The molecule has 1 amide bonds. The molecule has 2 N–H and O–H groups in total. The number of hydroxylamine groups is 1. The molecule has 0 spiro atoms. The molecule has 0 bridgehead atoms. The van der Waals surface area contributed by atoms with E-state index in [1.807, 2.05) is 55.5 Å². The van der Waals surface area contributed by atoms with Crippen molar-refractivity contribution in [1.29, 1.82) is 0 Å². The molecule has 2 aromatic carbocycles. The molecule has 0 radical (unpaired) electrons. The first kappa shape index (κ1) is 17.3. The molecule has 2 rings (SSSR count). The summed E-state index contributed by atoms with van der Waals surface area (Å²) in [5, 5.41) is 9.46. The van der Waals surface area contributed by atoms with Gasteiger partial charge in [0.05, 0.1) is 0 Å². The number of carbonyl (C=O) groups is 1. The second-order valence-electron chi connectivity index (χ2n) is 5.22. The first-order valence-electron chi connectivity index (χ1n) is 7.36. The van der Waals surface area contributed by atoms with Crippen LogP contribution in [0, 0.1) is 6.92 Å². The van der Waals surface area contributed by atoms with Crippen molar-refractivity contribution in [3.8, 4) is 0 Å². The van der Waals surface area contributed by atoms with E-state index in [1.165, 1.54) is 0 Å². The van der Waals surface area contributed by atoms with Crippen LogP contribution in [0.1, 0.15) is 11.1 Å². The number of nitrogens with zero attached hydrogens (tertiary/aromatic N) is 1. The third-order valence-electron chi connectivity index (χ3n) is 3.53. The molecule has 0 aliphatic rings. The summed E-state index contributed by atoms with van der Waals surface area (Å²) >= 11 is 0. The van der Waals surface area contributed by atoms with Gasteiger partial charge in [0.1, 0.15) is 6.54 Å². The molecule has 23 heavy (non-hydrogen) atoms. The van der Waals surface area contributed by atoms with Crippen LogP contribution in [0.5, 0.6) is 0 Å². The van der Waals surface area contributed by atoms with E-state index in [-0.39, 0.29) is 6.54 Å². The minimum absolute atomic E-state index is 0.118. The van der Waals surface area contributed by atoms with E-state index in [2.05, 4.69) is 0 Å². The van der Waals surface area contributed by atoms with Gasteiger partial charge < -0.3 is 0 Å². The van der Waals surface area contributed by atoms with Gasteiger partial charge in [-0.25, -0.2) is 5.48 Å². The van der Waals surface area contributed by atoms with Crippen molar-refractivity contribution in [2.45, 2.75) is 13.3 Å². The molecular weight excluding hydrogens is 311 g/mol. The van der Waals surface area contributed by atoms with Gasteiger partial charge in [0.2, 0.25) is 5.30 Å². The Morgan fingerprint density at radius 3 is 2.43 bits per heavy atom. The lowest BCUT2D eigenvalue weighted by molar-refractivity contribution is -0.129. The molecule has 120 valence electrons. The van der Waals surface area contributed by atoms with Crippen molar-refractivity contribution in [2.24, 2.45) is 0 Å². The molecule has 0 aromatic heterocycles. The summed E-state index contributed by atoms with van der Waals surface area (Å²) in [4.78, 5) is 11.5. The van der Waals surface area contributed by atoms with Gasteiger partial charge in [0, 0.05) is 12.1 Å². The molecule has 0 saturated heterocycles. The van der Waals surface area contributed by atoms with E-state index in [4.69, 9.17) is 5.21 Å². The van der Waals surface area contributed by atoms with E-state index >= 15 is 0 Å². The minimum Gasteiger partial charge on any atom is -0.289 e. The first-order valence-corrected chi connectivity index (χ1v) is 8.57. The van der Waals surface area contributed by atoms with Crippen molar-refractivity contribution >= 4 is 19.2 Å². The number of carbonyl (C=O) groups excluding carboxylic acids is 1. The molecule has 0 aliphatic heterocycles. The van der Waals surface area contributed by atoms with Crippen LogP contribution in [-0.2, 0) is 15.8 Å². The van der Waals surface area contributed by atoms with Crippen molar-refractivity contribution in [1.82, 2.24) is 10.2 Å².